The summed E-state index contributed by atoms with van der Waals surface area (Å²) in [4.78, 5) is 70.6. The van der Waals surface area contributed by atoms with Crippen molar-refractivity contribution in [3.05, 3.63) is 82.4 Å². The lowest BCUT2D eigenvalue weighted by atomic mass is 9.93. The first kappa shape index (κ1) is 43.7. The van der Waals surface area contributed by atoms with Gasteiger partial charge in [-0.15, -0.1) is 0 Å². The van der Waals surface area contributed by atoms with Gasteiger partial charge in [0.05, 0.1) is 6.07 Å². The Morgan fingerprint density at radius 2 is 1.67 bits per heavy atom. The van der Waals surface area contributed by atoms with Gasteiger partial charge in [-0.2, -0.15) is 5.26 Å². The number of rotatable bonds is 15. The molecule has 4 atom stereocenters. The first-order valence-corrected chi connectivity index (χ1v) is 19.3. The molecule has 0 aromatic heterocycles. The highest BCUT2D eigenvalue weighted by Crippen LogP contribution is 2.39. The smallest absolute Gasteiger partial charge is 0.252 e. The molecule has 0 fully saturated rings. The van der Waals surface area contributed by atoms with Crippen molar-refractivity contribution in [2.45, 2.75) is 89.9 Å². The molecule has 0 saturated heterocycles. The van der Waals surface area contributed by atoms with E-state index in [4.69, 9.17) is 16.7 Å². The Bertz CT molecular complexity index is 1980. The number of hydrogen-bond acceptors (Lipinski definition) is 10. The van der Waals surface area contributed by atoms with Crippen LogP contribution in [0.3, 0.4) is 0 Å². The van der Waals surface area contributed by atoms with Crippen LogP contribution in [0.4, 0.5) is 0 Å². The Morgan fingerprint density at radius 3 is 2.33 bits per heavy atom. The molecule has 15 nitrogen and oxygen atoms in total. The molecule has 0 spiro atoms. The quantitative estimate of drug-likeness (QED) is 0.0825. The normalized spacial score (nSPS) is 17.2. The fourth-order valence-electron chi connectivity index (χ4n) is 6.95. The minimum absolute atomic E-state index is 0.0129. The van der Waals surface area contributed by atoms with Crippen LogP contribution in [0, 0.1) is 18.3 Å². The lowest BCUT2D eigenvalue weighted by Gasteiger charge is -2.35. The van der Waals surface area contributed by atoms with Gasteiger partial charge in [0, 0.05) is 36.2 Å². The Kier molecular flexibility index (Phi) is 16.0. The first-order valence-electron chi connectivity index (χ1n) is 19.3. The lowest BCUT2D eigenvalue weighted by Crippen LogP contribution is -2.57. The van der Waals surface area contributed by atoms with Crippen molar-refractivity contribution in [3.63, 3.8) is 0 Å². The zero-order chi connectivity index (χ0) is 41.6. The Hall–Kier alpha value is -5.98. The second kappa shape index (κ2) is 20.8. The largest absolute Gasteiger partial charge is 0.507 e. The van der Waals surface area contributed by atoms with Gasteiger partial charge in [0.25, 0.3) is 5.91 Å². The molecule has 1 heterocycles. The SMILES string of the molecule is CCCCCCc1ccc(C(=O)NC(CCN)C(=O)N(CCN)C2C(=O)NC(C)C(=O)NC(C(=O)NCC#N)Cc3ccc(O)c(c3)-c3cc2ccc3O)c(C)c1. The molecule has 1 aliphatic heterocycles. The van der Waals surface area contributed by atoms with Crippen LogP contribution >= 0.6 is 0 Å². The molecular formula is C42H54N8O7. The van der Waals surface area contributed by atoms with Crippen molar-refractivity contribution in [2.75, 3.05) is 26.2 Å². The number of amides is 5. The maximum atomic E-state index is 14.6. The number of nitrogens with zero attached hydrogens (tertiary/aromatic N) is 2. The number of nitrogens with two attached hydrogens (primary N) is 2. The van der Waals surface area contributed by atoms with Gasteiger partial charge in [-0.1, -0.05) is 50.5 Å². The van der Waals surface area contributed by atoms with Crippen LogP contribution < -0.4 is 32.7 Å². The molecule has 0 radical (unpaired) electrons. The van der Waals surface area contributed by atoms with Crippen LogP contribution in [0.5, 0.6) is 11.5 Å². The van der Waals surface area contributed by atoms with Crippen LogP contribution in [0.1, 0.15) is 84.6 Å². The number of aromatic hydroxyl groups is 2. The third-order valence-corrected chi connectivity index (χ3v) is 9.98. The van der Waals surface area contributed by atoms with Crippen LogP contribution in [0.2, 0.25) is 0 Å². The van der Waals surface area contributed by atoms with Crippen molar-refractivity contribution in [1.82, 2.24) is 26.2 Å². The van der Waals surface area contributed by atoms with Gasteiger partial charge in [0.2, 0.25) is 23.6 Å². The molecule has 3 aromatic rings. The molecule has 4 bridgehead atoms. The predicted molar refractivity (Wildman–Crippen MR) is 215 cm³/mol. The van der Waals surface area contributed by atoms with E-state index >= 15 is 0 Å². The average molecular weight is 783 g/mol. The highest BCUT2D eigenvalue weighted by atomic mass is 16.3. The molecule has 304 valence electrons. The number of hydrogen-bond donors (Lipinski definition) is 8. The molecule has 1 aliphatic rings. The summed E-state index contributed by atoms with van der Waals surface area (Å²) < 4.78 is 0. The number of nitriles is 1. The van der Waals surface area contributed by atoms with Gasteiger partial charge in [-0.25, -0.2) is 0 Å². The number of carbonyl (C=O) groups is 5. The molecule has 5 amide bonds. The fourth-order valence-corrected chi connectivity index (χ4v) is 6.95. The number of fused-ring (bicyclic) bond motifs is 5. The maximum absolute atomic E-state index is 14.6. The van der Waals surface area contributed by atoms with E-state index in [1.807, 2.05) is 25.1 Å². The van der Waals surface area contributed by atoms with Gasteiger partial charge in [0.15, 0.2) is 0 Å². The van der Waals surface area contributed by atoms with Crippen molar-refractivity contribution in [1.29, 1.82) is 5.26 Å². The summed E-state index contributed by atoms with van der Waals surface area (Å²) in [6.07, 6.45) is 5.29. The second-order valence-electron chi connectivity index (χ2n) is 14.3. The average Bonchev–Trinajstić information content (AvgIpc) is 3.18. The number of carbonyl (C=O) groups excluding carboxylic acids is 5. The first-order chi connectivity index (χ1) is 27.3. The van der Waals surface area contributed by atoms with E-state index in [-0.39, 0.29) is 67.2 Å². The van der Waals surface area contributed by atoms with E-state index in [1.54, 1.807) is 12.1 Å². The molecule has 57 heavy (non-hydrogen) atoms. The summed E-state index contributed by atoms with van der Waals surface area (Å²) in [5.41, 5.74) is 15.2. The zero-order valence-corrected chi connectivity index (χ0v) is 32.8. The Labute approximate surface area is 333 Å². The van der Waals surface area contributed by atoms with E-state index < -0.39 is 53.7 Å². The van der Waals surface area contributed by atoms with Crippen molar-refractivity contribution in [3.8, 4) is 28.7 Å². The second-order valence-corrected chi connectivity index (χ2v) is 14.3. The minimum Gasteiger partial charge on any atom is -0.507 e. The predicted octanol–water partition coefficient (Wildman–Crippen LogP) is 2.36. The topological polar surface area (TPSA) is 253 Å². The summed E-state index contributed by atoms with van der Waals surface area (Å²) in [7, 11) is 0. The zero-order valence-electron chi connectivity index (χ0n) is 32.8. The fraction of sp³-hybridized carbons (Fsp3) is 0.429. The lowest BCUT2D eigenvalue weighted by molar-refractivity contribution is -0.143. The van der Waals surface area contributed by atoms with E-state index in [0.29, 0.717) is 11.1 Å². The molecule has 15 heteroatoms. The van der Waals surface area contributed by atoms with E-state index in [1.165, 1.54) is 42.2 Å². The summed E-state index contributed by atoms with van der Waals surface area (Å²) in [6.45, 7) is 4.83. The molecule has 4 rings (SSSR count). The molecule has 3 aromatic carbocycles. The number of nitrogens with one attached hydrogen (secondary N) is 4. The van der Waals surface area contributed by atoms with Crippen LogP contribution in [-0.4, -0.2) is 89.0 Å². The van der Waals surface area contributed by atoms with Crippen molar-refractivity contribution < 1.29 is 34.2 Å². The van der Waals surface area contributed by atoms with E-state index in [9.17, 15) is 34.2 Å². The standard InChI is InChI=1S/C42H54N8O7/c1-4-5-6-7-8-27-9-12-30(25(2)21-27)39(54)48-33(15-16-43)42(57)50(20-18-45)37-29-11-14-36(52)32(24-29)31-22-28(10-13-35(31)51)23-34(40(55)46-19-17-44)49-38(53)26(3)47-41(37)56/h9-14,21-22,24,26,33-34,37,51-52H,4-8,15-16,18-20,23,43,45H2,1-3H3,(H,46,55)(H,47,56)(H,48,54)(H,49,53). The van der Waals surface area contributed by atoms with Crippen LogP contribution in [-0.2, 0) is 32.0 Å². The monoisotopic (exact) mass is 782 g/mol. The number of benzene rings is 3. The van der Waals surface area contributed by atoms with Crippen molar-refractivity contribution >= 4 is 29.5 Å². The van der Waals surface area contributed by atoms with Gasteiger partial charge >= 0.3 is 0 Å². The van der Waals surface area contributed by atoms with Gasteiger partial charge in [-0.3, -0.25) is 24.0 Å². The highest BCUT2D eigenvalue weighted by molar-refractivity contribution is 6.00. The summed E-state index contributed by atoms with van der Waals surface area (Å²) in [5.74, 6) is -3.85. The summed E-state index contributed by atoms with van der Waals surface area (Å²) in [5, 5.41) is 41.6. The number of phenols is 2. The number of aryl methyl sites for hydroxylation is 2. The summed E-state index contributed by atoms with van der Waals surface area (Å²) in [6, 6.07) is 11.0. The number of unbranched alkanes of at least 4 members (excludes halogenated alkanes) is 3. The molecular weight excluding hydrogens is 729 g/mol. The third-order valence-electron chi connectivity index (χ3n) is 9.98. The van der Waals surface area contributed by atoms with Gasteiger partial charge < -0.3 is 47.8 Å². The van der Waals surface area contributed by atoms with E-state index in [2.05, 4.69) is 28.2 Å². The van der Waals surface area contributed by atoms with Gasteiger partial charge in [-0.05, 0) is 92.2 Å². The minimum atomic E-state index is -1.47. The Morgan fingerprint density at radius 1 is 0.947 bits per heavy atom. The third kappa shape index (κ3) is 11.3. The number of phenolic OH excluding ortho intramolecular Hbond substituents is 2. The van der Waals surface area contributed by atoms with E-state index in [0.717, 1.165) is 43.2 Å². The molecule has 0 aliphatic carbocycles. The Balaban J connectivity index is 1.76. The molecule has 0 saturated carbocycles. The molecule has 10 N–H and O–H groups in total. The summed E-state index contributed by atoms with van der Waals surface area (Å²) >= 11 is 0. The van der Waals surface area contributed by atoms with Crippen molar-refractivity contribution in [2.24, 2.45) is 11.5 Å². The van der Waals surface area contributed by atoms with Gasteiger partial charge in [0.1, 0.15) is 42.2 Å². The van der Waals surface area contributed by atoms with Crippen LogP contribution in [0.15, 0.2) is 54.6 Å². The highest BCUT2D eigenvalue weighted by Gasteiger charge is 2.37. The molecule has 4 unspecified atom stereocenters. The maximum Gasteiger partial charge on any atom is 0.252 e. The van der Waals surface area contributed by atoms with Crippen LogP contribution in [0.25, 0.3) is 11.1 Å².